The number of rotatable bonds is 3. The molecule has 0 aliphatic heterocycles. The fourth-order valence-corrected chi connectivity index (χ4v) is 3.43. The highest BCUT2D eigenvalue weighted by Crippen LogP contribution is 2.64. The molecule has 2 aromatic rings. The van der Waals surface area contributed by atoms with Gasteiger partial charge in [0.2, 0.25) is 5.91 Å². The van der Waals surface area contributed by atoms with Crippen molar-refractivity contribution in [2.24, 2.45) is 5.41 Å². The molecule has 0 saturated heterocycles. The van der Waals surface area contributed by atoms with Crippen LogP contribution in [0.15, 0.2) is 42.5 Å². The number of alkyl halides is 2. The summed E-state index contributed by atoms with van der Waals surface area (Å²) in [6, 6.07) is 14.4. The van der Waals surface area contributed by atoms with Crippen molar-refractivity contribution >= 4 is 39.9 Å². The van der Waals surface area contributed by atoms with Crippen LogP contribution in [0.5, 0.6) is 0 Å². The van der Waals surface area contributed by atoms with Crippen LogP contribution in [0.4, 0.5) is 0 Å². The molecule has 0 spiro atoms. The number of hydrogen-bond donors (Lipinski definition) is 0. The summed E-state index contributed by atoms with van der Waals surface area (Å²) in [5.41, 5.74) is 0.449. The van der Waals surface area contributed by atoms with Crippen LogP contribution in [0, 0.1) is 5.41 Å². The summed E-state index contributed by atoms with van der Waals surface area (Å²) in [5, 5.41) is 2.38. The van der Waals surface area contributed by atoms with Crippen LogP contribution in [-0.4, -0.2) is 22.2 Å². The van der Waals surface area contributed by atoms with Gasteiger partial charge >= 0.3 is 0 Å². The van der Waals surface area contributed by atoms with Gasteiger partial charge in [-0.2, -0.15) is 0 Å². The molecule has 1 amide bonds. The minimum Gasteiger partial charge on any atom is -0.341 e. The van der Waals surface area contributed by atoms with Gasteiger partial charge < -0.3 is 4.90 Å². The highest BCUT2D eigenvalue weighted by Gasteiger charge is 2.68. The molecule has 0 N–H and O–H groups in total. The molecule has 4 heteroatoms. The number of halogens is 2. The second-order valence-electron chi connectivity index (χ2n) is 6.06. The van der Waals surface area contributed by atoms with E-state index in [1.807, 2.05) is 19.1 Å². The van der Waals surface area contributed by atoms with Gasteiger partial charge in [-0.1, -0.05) is 36.4 Å². The van der Waals surface area contributed by atoms with E-state index in [4.69, 9.17) is 23.2 Å². The molecule has 1 unspecified atom stereocenters. The molecule has 1 aliphatic rings. The largest absolute Gasteiger partial charge is 0.341 e. The van der Waals surface area contributed by atoms with Crippen molar-refractivity contribution in [1.82, 2.24) is 4.90 Å². The molecule has 1 fully saturated rings. The van der Waals surface area contributed by atoms with Crippen molar-refractivity contribution in [3.8, 4) is 0 Å². The molecule has 0 heterocycles. The number of amides is 1. The minimum absolute atomic E-state index is 0.000610. The molecule has 1 saturated carbocycles. The summed E-state index contributed by atoms with van der Waals surface area (Å²) in [7, 11) is 1.80. The molecule has 0 aromatic heterocycles. The summed E-state index contributed by atoms with van der Waals surface area (Å²) in [6.07, 6.45) is 0.518. The number of fused-ring (bicyclic) bond motifs is 1. The molecule has 1 aliphatic carbocycles. The van der Waals surface area contributed by atoms with Gasteiger partial charge in [0.1, 0.15) is 4.33 Å². The second kappa shape index (κ2) is 4.89. The third kappa shape index (κ3) is 2.51. The maximum absolute atomic E-state index is 12.5. The summed E-state index contributed by atoms with van der Waals surface area (Å²) < 4.78 is -0.915. The lowest BCUT2D eigenvalue weighted by Crippen LogP contribution is -2.34. The van der Waals surface area contributed by atoms with Gasteiger partial charge in [0.15, 0.2) is 0 Å². The number of nitrogens with zero attached hydrogens (tertiary/aromatic N) is 1. The minimum atomic E-state index is -0.915. The van der Waals surface area contributed by atoms with E-state index in [0.29, 0.717) is 13.0 Å². The van der Waals surface area contributed by atoms with Gasteiger partial charge in [-0.05, 0) is 35.7 Å². The van der Waals surface area contributed by atoms with Gasteiger partial charge in [-0.3, -0.25) is 4.79 Å². The van der Waals surface area contributed by atoms with Crippen LogP contribution in [-0.2, 0) is 11.3 Å². The summed E-state index contributed by atoms with van der Waals surface area (Å²) >= 11 is 12.2. The molecule has 2 aromatic carbocycles. The first kappa shape index (κ1) is 14.7. The monoisotopic (exact) mass is 321 g/mol. The Hall–Kier alpha value is -1.25. The molecule has 1 atom stereocenters. The van der Waals surface area contributed by atoms with Gasteiger partial charge in [0.05, 0.1) is 5.41 Å². The van der Waals surface area contributed by atoms with Gasteiger partial charge in [-0.15, -0.1) is 23.2 Å². The van der Waals surface area contributed by atoms with E-state index in [9.17, 15) is 4.79 Å². The Kier molecular flexibility index (Phi) is 3.42. The van der Waals surface area contributed by atoms with E-state index in [2.05, 4.69) is 30.3 Å². The van der Waals surface area contributed by atoms with Crippen molar-refractivity contribution in [2.45, 2.75) is 24.2 Å². The summed E-state index contributed by atoms with van der Waals surface area (Å²) in [6.45, 7) is 2.38. The van der Waals surface area contributed by atoms with Crippen LogP contribution < -0.4 is 0 Å². The number of carbonyl (C=O) groups excluding carboxylic acids is 1. The molecule has 3 rings (SSSR count). The van der Waals surface area contributed by atoms with Gasteiger partial charge in [0, 0.05) is 13.6 Å². The van der Waals surface area contributed by atoms with Crippen LogP contribution in [0.3, 0.4) is 0 Å². The standard InChI is InChI=1S/C17H17Cl2NO/c1-16(11-17(16,18)19)15(21)20(2)10-12-7-8-13-5-3-4-6-14(13)9-12/h3-9H,10-11H2,1-2H3. The third-order valence-corrected chi connectivity index (χ3v) is 5.41. The van der Waals surface area contributed by atoms with Crippen LogP contribution in [0.25, 0.3) is 10.8 Å². The predicted octanol–water partition coefficient (Wildman–Crippen LogP) is 4.38. The zero-order chi connectivity index (χ0) is 15.3. The zero-order valence-corrected chi connectivity index (χ0v) is 13.6. The van der Waals surface area contributed by atoms with Crippen LogP contribution >= 0.6 is 23.2 Å². The van der Waals surface area contributed by atoms with Crippen molar-refractivity contribution in [3.05, 3.63) is 48.0 Å². The lowest BCUT2D eigenvalue weighted by atomic mass is 10.1. The average molecular weight is 322 g/mol. The van der Waals surface area contributed by atoms with Crippen molar-refractivity contribution in [2.75, 3.05) is 7.05 Å². The fourth-order valence-electron chi connectivity index (χ4n) is 2.74. The molecule has 2 nitrogen and oxygen atoms in total. The Labute approximate surface area is 134 Å². The first-order chi connectivity index (χ1) is 9.83. The first-order valence-electron chi connectivity index (χ1n) is 6.95. The molecule has 0 radical (unpaired) electrons. The zero-order valence-electron chi connectivity index (χ0n) is 12.1. The smallest absolute Gasteiger partial charge is 0.231 e. The number of hydrogen-bond acceptors (Lipinski definition) is 1. The van der Waals surface area contributed by atoms with E-state index in [0.717, 1.165) is 5.56 Å². The molecular formula is C17H17Cl2NO. The molecule has 21 heavy (non-hydrogen) atoms. The maximum atomic E-state index is 12.5. The Morgan fingerprint density at radius 1 is 1.19 bits per heavy atom. The number of carbonyl (C=O) groups is 1. The van der Waals surface area contributed by atoms with Crippen molar-refractivity contribution < 1.29 is 4.79 Å². The van der Waals surface area contributed by atoms with Gasteiger partial charge in [0.25, 0.3) is 0 Å². The Morgan fingerprint density at radius 3 is 2.43 bits per heavy atom. The van der Waals surface area contributed by atoms with E-state index < -0.39 is 9.75 Å². The van der Waals surface area contributed by atoms with E-state index >= 15 is 0 Å². The van der Waals surface area contributed by atoms with Crippen molar-refractivity contribution in [3.63, 3.8) is 0 Å². The predicted molar refractivity (Wildman–Crippen MR) is 87.6 cm³/mol. The summed E-state index contributed by atoms with van der Waals surface area (Å²) in [4.78, 5) is 14.2. The maximum Gasteiger partial charge on any atom is 0.231 e. The third-order valence-electron chi connectivity index (χ3n) is 4.31. The lowest BCUT2D eigenvalue weighted by Gasteiger charge is -2.22. The fraction of sp³-hybridized carbons (Fsp3) is 0.353. The normalized spacial score (nSPS) is 23.0. The first-order valence-corrected chi connectivity index (χ1v) is 7.70. The van der Waals surface area contributed by atoms with E-state index in [1.165, 1.54) is 10.8 Å². The Morgan fingerprint density at radius 2 is 1.81 bits per heavy atom. The molecule has 0 bridgehead atoms. The lowest BCUT2D eigenvalue weighted by molar-refractivity contribution is -0.135. The Balaban J connectivity index is 1.77. The van der Waals surface area contributed by atoms with E-state index in [-0.39, 0.29) is 5.91 Å². The highest BCUT2D eigenvalue weighted by atomic mass is 35.5. The number of benzene rings is 2. The molecular weight excluding hydrogens is 305 g/mol. The van der Waals surface area contributed by atoms with Gasteiger partial charge in [-0.25, -0.2) is 0 Å². The van der Waals surface area contributed by atoms with Crippen LogP contribution in [0.2, 0.25) is 0 Å². The van der Waals surface area contributed by atoms with Crippen molar-refractivity contribution in [1.29, 1.82) is 0 Å². The SMILES string of the molecule is CN(Cc1ccc2ccccc2c1)C(=O)C1(C)CC1(Cl)Cl. The average Bonchev–Trinajstić information content (AvgIpc) is 2.97. The summed E-state index contributed by atoms with van der Waals surface area (Å²) in [5.74, 6) is 0.000610. The second-order valence-corrected chi connectivity index (χ2v) is 7.54. The van der Waals surface area contributed by atoms with Crippen LogP contribution in [0.1, 0.15) is 18.9 Å². The quantitative estimate of drug-likeness (QED) is 0.768. The highest BCUT2D eigenvalue weighted by molar-refractivity contribution is 6.53. The topological polar surface area (TPSA) is 20.3 Å². The molecule has 110 valence electrons. The Bertz CT molecular complexity index is 713. The van der Waals surface area contributed by atoms with E-state index in [1.54, 1.807) is 11.9 Å².